The number of benzene rings is 1. The first kappa shape index (κ1) is 17.0. The van der Waals surface area contributed by atoms with Crippen LogP contribution in [-0.2, 0) is 14.4 Å². The van der Waals surface area contributed by atoms with Crippen LogP contribution >= 0.6 is 11.6 Å². The van der Waals surface area contributed by atoms with E-state index >= 15 is 0 Å². The van der Waals surface area contributed by atoms with Gasteiger partial charge in [0.05, 0.1) is 23.0 Å². The fraction of sp³-hybridized carbons (Fsp3) is 0.286. The molecule has 1 aromatic carbocycles. The zero-order valence-electron chi connectivity index (χ0n) is 12.1. The summed E-state index contributed by atoms with van der Waals surface area (Å²) in [5.41, 5.74) is 0.469. The molecule has 5 nitrogen and oxygen atoms in total. The van der Waals surface area contributed by atoms with Crippen molar-refractivity contribution >= 4 is 30.0 Å². The summed E-state index contributed by atoms with van der Waals surface area (Å²) in [4.78, 5) is 16.8. The third-order valence-corrected chi connectivity index (χ3v) is 2.86. The summed E-state index contributed by atoms with van der Waals surface area (Å²) in [6, 6.07) is 4.51. The van der Waals surface area contributed by atoms with Crippen LogP contribution in [0, 0.1) is 5.82 Å². The van der Waals surface area contributed by atoms with Crippen LogP contribution in [0.4, 0.5) is 10.1 Å². The van der Waals surface area contributed by atoms with Crippen LogP contribution < -0.4 is 5.32 Å². The molecule has 0 aliphatic heterocycles. The molecule has 1 rings (SSSR count). The van der Waals surface area contributed by atoms with E-state index in [-0.39, 0.29) is 23.0 Å². The van der Waals surface area contributed by atoms with Crippen LogP contribution in [0.15, 0.2) is 29.6 Å². The molecule has 0 saturated carbocycles. The number of anilines is 1. The molecule has 21 heavy (non-hydrogen) atoms. The monoisotopic (exact) mass is 315 g/mol. The number of nitrogens with one attached hydrogen (secondary N) is 1. The van der Waals surface area contributed by atoms with Gasteiger partial charge in [-0.2, -0.15) is 0 Å². The molecule has 114 valence electrons. The fourth-order valence-electron chi connectivity index (χ4n) is 1.59. The Kier molecular flexibility index (Phi) is 6.17. The predicted octanol–water partition coefficient (Wildman–Crippen LogP) is 2.96. The van der Waals surface area contributed by atoms with Gasteiger partial charge in [0.25, 0.3) is 0 Å². The number of carbonyl (C=O) groups is 1. The molecule has 0 atom stereocenters. The fourth-order valence-corrected chi connectivity index (χ4v) is 1.77. The van der Waals surface area contributed by atoms with Crippen LogP contribution in [0.25, 0.3) is 0 Å². The van der Waals surface area contributed by atoms with E-state index in [0.29, 0.717) is 5.70 Å². The molecule has 0 fully saturated rings. The quantitative estimate of drug-likeness (QED) is 0.288. The molecule has 0 spiro atoms. The maximum absolute atomic E-state index is 13.9. The van der Waals surface area contributed by atoms with E-state index in [1.807, 2.05) is 0 Å². The van der Waals surface area contributed by atoms with Gasteiger partial charge in [0, 0.05) is 4.74 Å². The van der Waals surface area contributed by atoms with Gasteiger partial charge in [0.2, 0.25) is 0 Å². The second-order valence-electron chi connectivity index (χ2n) is 3.98. The molecule has 0 bridgehead atoms. The zero-order valence-corrected chi connectivity index (χ0v) is 12.8. The van der Waals surface area contributed by atoms with E-state index in [0.717, 1.165) is 4.74 Å². The Morgan fingerprint density at radius 3 is 2.76 bits per heavy atom. The Morgan fingerprint density at radius 1 is 1.52 bits per heavy atom. The van der Waals surface area contributed by atoms with Crippen LogP contribution in [0.3, 0.4) is 0 Å². The second-order valence-corrected chi connectivity index (χ2v) is 4.39. The van der Waals surface area contributed by atoms with Crippen molar-refractivity contribution in [2.75, 3.05) is 19.0 Å². The molecule has 0 heterocycles. The summed E-state index contributed by atoms with van der Waals surface area (Å²) in [5.74, 6) is -1.25. The molecule has 1 aromatic rings. The molecule has 0 saturated heterocycles. The van der Waals surface area contributed by atoms with Crippen molar-refractivity contribution in [2.45, 2.75) is 13.8 Å². The number of esters is 1. The highest BCUT2D eigenvalue weighted by atomic mass is 35.5. The van der Waals surface area contributed by atoms with E-state index in [9.17, 15) is 9.18 Å². The van der Waals surface area contributed by atoms with Crippen molar-refractivity contribution in [3.8, 4) is 0 Å². The highest BCUT2D eigenvalue weighted by Crippen LogP contribution is 2.24. The van der Waals surface area contributed by atoms with Gasteiger partial charge in [-0.1, -0.05) is 17.7 Å². The number of hydrogen-bond donors (Lipinski definition) is 1. The Balaban J connectivity index is 3.18. The van der Waals surface area contributed by atoms with Crippen LogP contribution in [0.2, 0.25) is 5.02 Å². The van der Waals surface area contributed by atoms with Gasteiger partial charge in [-0.3, -0.25) is 4.84 Å². The number of rotatable bonds is 6. The minimum absolute atomic E-state index is 0.0243. The van der Waals surface area contributed by atoms with Gasteiger partial charge in [-0.05, 0) is 26.0 Å². The van der Waals surface area contributed by atoms with Gasteiger partial charge >= 0.3 is 11.7 Å². The van der Waals surface area contributed by atoms with Crippen molar-refractivity contribution < 1.29 is 23.5 Å². The lowest BCUT2D eigenvalue weighted by Crippen LogP contribution is -2.22. The molecule has 7 heteroatoms. The summed E-state index contributed by atoms with van der Waals surface area (Å²) in [6.45, 7) is 7.00. The van der Waals surface area contributed by atoms with Crippen LogP contribution in [0.1, 0.15) is 13.8 Å². The van der Waals surface area contributed by atoms with Crippen molar-refractivity contribution in [1.29, 1.82) is 0 Å². The maximum atomic E-state index is 13.9. The summed E-state index contributed by atoms with van der Waals surface area (Å²) in [5, 5.41) is 2.74. The van der Waals surface area contributed by atoms with E-state index in [1.165, 1.54) is 19.2 Å². The first-order chi connectivity index (χ1) is 9.92. The summed E-state index contributed by atoms with van der Waals surface area (Å²) in [7, 11) is 1.35. The first-order valence-electron chi connectivity index (χ1n) is 6.16. The zero-order chi connectivity index (χ0) is 16.0. The number of hydrogen-bond acceptors (Lipinski definition) is 4. The highest BCUT2D eigenvalue weighted by molar-refractivity contribution is 6.31. The predicted molar refractivity (Wildman–Crippen MR) is 78.8 cm³/mol. The standard InChI is InChI=1S/C14H16ClFN2O3/c1-5-21-14(19)13(18(3)20-4)9(2)17-11-8-6-7-10(15)12(11)16/h6-8H,3,5H2,1-2,4H3/p+1. The van der Waals surface area contributed by atoms with E-state index < -0.39 is 11.8 Å². The number of ether oxygens (including phenoxy) is 1. The Labute approximate surface area is 127 Å². The number of allylic oxidation sites excluding steroid dienone is 1. The molecule has 0 aliphatic carbocycles. The van der Waals surface area contributed by atoms with Crippen molar-refractivity contribution in [3.63, 3.8) is 0 Å². The Hall–Kier alpha value is -2.08. The lowest BCUT2D eigenvalue weighted by atomic mass is 10.2. The van der Waals surface area contributed by atoms with Gasteiger partial charge in [-0.25, -0.2) is 9.18 Å². The third kappa shape index (κ3) is 4.19. The average molecular weight is 316 g/mol. The molecular weight excluding hydrogens is 299 g/mol. The van der Waals surface area contributed by atoms with Gasteiger partial charge in [-0.15, -0.1) is 0 Å². The molecule has 0 amide bonds. The molecule has 0 unspecified atom stereocenters. The Morgan fingerprint density at radius 2 is 2.19 bits per heavy atom. The van der Waals surface area contributed by atoms with E-state index in [2.05, 4.69) is 12.0 Å². The maximum Gasteiger partial charge on any atom is 0.410 e. The van der Waals surface area contributed by atoms with Crippen LogP contribution in [0.5, 0.6) is 0 Å². The number of hydroxylamine groups is 1. The number of halogens is 2. The normalized spacial score (nSPS) is 11.5. The third-order valence-electron chi connectivity index (χ3n) is 2.57. The Bertz CT molecular complexity index is 588. The minimum Gasteiger partial charge on any atom is -0.458 e. The first-order valence-corrected chi connectivity index (χ1v) is 6.53. The lowest BCUT2D eigenvalue weighted by Gasteiger charge is -2.10. The lowest BCUT2D eigenvalue weighted by molar-refractivity contribution is -0.735. The van der Waals surface area contributed by atoms with Gasteiger partial charge < -0.3 is 10.1 Å². The smallest absolute Gasteiger partial charge is 0.410 e. The van der Waals surface area contributed by atoms with Gasteiger partial charge in [0.15, 0.2) is 12.5 Å². The van der Waals surface area contributed by atoms with Crippen molar-refractivity contribution in [1.82, 2.24) is 0 Å². The molecular formula is C14H17ClFN2O3+. The number of carbonyl (C=O) groups excluding carboxylic acids is 1. The van der Waals surface area contributed by atoms with Crippen molar-refractivity contribution in [2.24, 2.45) is 0 Å². The highest BCUT2D eigenvalue weighted by Gasteiger charge is 2.28. The molecule has 1 N–H and O–H groups in total. The summed E-state index contributed by atoms with van der Waals surface area (Å²) >= 11 is 5.71. The van der Waals surface area contributed by atoms with E-state index in [1.54, 1.807) is 19.9 Å². The minimum atomic E-state index is -0.637. The average Bonchev–Trinajstić information content (AvgIpc) is 2.44. The largest absolute Gasteiger partial charge is 0.458 e. The van der Waals surface area contributed by atoms with E-state index in [4.69, 9.17) is 21.2 Å². The summed E-state index contributed by atoms with van der Waals surface area (Å²) < 4.78 is 19.8. The SMILES string of the molecule is C=[N+](OC)/C(C(=O)OCC)=C(/C)Nc1cccc(Cl)c1F. The van der Waals surface area contributed by atoms with Crippen molar-refractivity contribution in [3.05, 3.63) is 40.4 Å². The second kappa shape index (κ2) is 7.64. The van der Waals surface area contributed by atoms with Crippen LogP contribution in [-0.4, -0.2) is 31.1 Å². The topological polar surface area (TPSA) is 50.6 Å². The number of nitrogens with zero attached hydrogens (tertiary/aromatic N) is 1. The molecule has 0 aromatic heterocycles. The summed E-state index contributed by atoms with van der Waals surface area (Å²) in [6.07, 6.45) is 0. The molecule has 0 aliphatic rings. The molecule has 0 radical (unpaired) electrons. The van der Waals surface area contributed by atoms with Gasteiger partial charge in [0.1, 0.15) is 7.11 Å².